The van der Waals surface area contributed by atoms with Gasteiger partial charge in [0.1, 0.15) is 11.6 Å². The van der Waals surface area contributed by atoms with Crippen molar-refractivity contribution in [3.05, 3.63) is 17.6 Å². The van der Waals surface area contributed by atoms with Gasteiger partial charge in [0.25, 0.3) is 0 Å². The summed E-state index contributed by atoms with van der Waals surface area (Å²) in [4.78, 5) is 22.6. The first-order valence-corrected chi connectivity index (χ1v) is 7.90. The monoisotopic (exact) mass is 289 g/mol. The van der Waals surface area contributed by atoms with E-state index in [-0.39, 0.29) is 11.8 Å². The van der Waals surface area contributed by atoms with E-state index in [2.05, 4.69) is 21.8 Å². The van der Waals surface area contributed by atoms with Crippen molar-refractivity contribution in [1.82, 2.24) is 9.97 Å². The van der Waals surface area contributed by atoms with Gasteiger partial charge in [-0.25, -0.2) is 9.97 Å². The van der Waals surface area contributed by atoms with Crippen molar-refractivity contribution in [3.8, 4) is 0 Å². The van der Waals surface area contributed by atoms with Crippen LogP contribution in [0, 0.1) is 24.7 Å². The number of hydrogen-bond donors (Lipinski definition) is 1. The SMILES string of the molecule is CCCc1cnc(C)nc1N1C[C@H](C(=O)O)[C@@H](C2CC2)C1. The molecular weight excluding hydrogens is 266 g/mol. The fourth-order valence-electron chi connectivity index (χ4n) is 3.47. The van der Waals surface area contributed by atoms with Gasteiger partial charge in [-0.15, -0.1) is 0 Å². The summed E-state index contributed by atoms with van der Waals surface area (Å²) in [5, 5.41) is 9.49. The second-order valence-electron chi connectivity index (χ2n) is 6.37. The Morgan fingerprint density at radius 2 is 2.19 bits per heavy atom. The Morgan fingerprint density at radius 1 is 1.43 bits per heavy atom. The minimum absolute atomic E-state index is 0.248. The van der Waals surface area contributed by atoms with Gasteiger partial charge in [0.15, 0.2) is 0 Å². The van der Waals surface area contributed by atoms with Crippen LogP contribution in [-0.2, 0) is 11.2 Å². The molecule has 1 aliphatic carbocycles. The molecule has 2 heterocycles. The van der Waals surface area contributed by atoms with Gasteiger partial charge in [0.05, 0.1) is 5.92 Å². The molecule has 1 saturated heterocycles. The second kappa shape index (κ2) is 5.62. The van der Waals surface area contributed by atoms with E-state index in [1.807, 2.05) is 13.1 Å². The Morgan fingerprint density at radius 3 is 2.81 bits per heavy atom. The molecule has 0 bridgehead atoms. The lowest BCUT2D eigenvalue weighted by Crippen LogP contribution is -2.25. The zero-order valence-electron chi connectivity index (χ0n) is 12.7. The van der Waals surface area contributed by atoms with E-state index in [1.54, 1.807) is 0 Å². The number of anilines is 1. The van der Waals surface area contributed by atoms with Gasteiger partial charge in [0, 0.05) is 24.8 Å². The van der Waals surface area contributed by atoms with Gasteiger partial charge in [-0.2, -0.15) is 0 Å². The zero-order valence-corrected chi connectivity index (χ0v) is 12.7. The summed E-state index contributed by atoms with van der Waals surface area (Å²) in [6.07, 6.45) is 6.26. The molecule has 0 unspecified atom stereocenters. The molecule has 1 aromatic rings. The van der Waals surface area contributed by atoms with Crippen LogP contribution >= 0.6 is 0 Å². The Kier molecular flexibility index (Phi) is 3.83. The molecule has 5 nitrogen and oxygen atoms in total. The summed E-state index contributed by atoms with van der Waals surface area (Å²) in [7, 11) is 0. The lowest BCUT2D eigenvalue weighted by molar-refractivity contribution is -0.142. The van der Waals surface area contributed by atoms with Gasteiger partial charge in [-0.3, -0.25) is 4.79 Å². The van der Waals surface area contributed by atoms with Crippen molar-refractivity contribution in [3.63, 3.8) is 0 Å². The number of rotatable bonds is 5. The molecule has 2 fully saturated rings. The predicted molar refractivity (Wildman–Crippen MR) is 80.3 cm³/mol. The highest BCUT2D eigenvalue weighted by Crippen LogP contribution is 2.45. The smallest absolute Gasteiger partial charge is 0.308 e. The average molecular weight is 289 g/mol. The summed E-state index contributed by atoms with van der Waals surface area (Å²) in [6, 6.07) is 0. The van der Waals surface area contributed by atoms with E-state index >= 15 is 0 Å². The molecule has 1 aromatic heterocycles. The molecule has 5 heteroatoms. The molecule has 0 radical (unpaired) electrons. The van der Waals surface area contributed by atoms with Crippen LogP contribution in [0.4, 0.5) is 5.82 Å². The van der Waals surface area contributed by atoms with Gasteiger partial charge >= 0.3 is 5.97 Å². The third-order valence-corrected chi connectivity index (χ3v) is 4.69. The average Bonchev–Trinajstić information content (AvgIpc) is 3.19. The van der Waals surface area contributed by atoms with E-state index in [4.69, 9.17) is 0 Å². The third-order valence-electron chi connectivity index (χ3n) is 4.69. The molecular formula is C16H23N3O2. The number of aliphatic carboxylic acids is 1. The number of aromatic nitrogens is 2. The number of nitrogens with zero attached hydrogens (tertiary/aromatic N) is 3. The van der Waals surface area contributed by atoms with E-state index in [9.17, 15) is 9.90 Å². The molecule has 1 saturated carbocycles. The standard InChI is InChI=1S/C16H23N3O2/c1-3-4-12-7-17-10(2)18-15(12)19-8-13(11-5-6-11)14(9-19)16(20)21/h7,11,13-14H,3-6,8-9H2,1-2H3,(H,20,21)/t13-,14+/m1/s1. The predicted octanol–water partition coefficient (Wildman–Crippen LogP) is 2.28. The van der Waals surface area contributed by atoms with Gasteiger partial charge in [-0.05, 0) is 38.0 Å². The first-order chi connectivity index (χ1) is 10.1. The maximum Gasteiger partial charge on any atom is 0.308 e. The van der Waals surface area contributed by atoms with Crippen LogP contribution in [0.2, 0.25) is 0 Å². The van der Waals surface area contributed by atoms with Crippen molar-refractivity contribution >= 4 is 11.8 Å². The van der Waals surface area contributed by atoms with Crippen molar-refractivity contribution in [2.45, 2.75) is 39.5 Å². The highest BCUT2D eigenvalue weighted by atomic mass is 16.4. The van der Waals surface area contributed by atoms with Crippen LogP contribution in [-0.4, -0.2) is 34.1 Å². The summed E-state index contributed by atoms with van der Waals surface area (Å²) < 4.78 is 0. The van der Waals surface area contributed by atoms with E-state index in [0.29, 0.717) is 12.5 Å². The quantitative estimate of drug-likeness (QED) is 0.901. The lowest BCUT2D eigenvalue weighted by atomic mass is 9.92. The number of hydrogen-bond acceptors (Lipinski definition) is 4. The fraction of sp³-hybridized carbons (Fsp3) is 0.688. The Bertz CT molecular complexity index is 542. The van der Waals surface area contributed by atoms with Crippen LogP contribution in [0.1, 0.15) is 37.6 Å². The van der Waals surface area contributed by atoms with Crippen molar-refractivity contribution in [1.29, 1.82) is 0 Å². The van der Waals surface area contributed by atoms with Crippen molar-refractivity contribution in [2.24, 2.45) is 17.8 Å². The molecule has 1 aliphatic heterocycles. The molecule has 2 aliphatic rings. The Labute approximate surface area is 125 Å². The van der Waals surface area contributed by atoms with Crippen molar-refractivity contribution in [2.75, 3.05) is 18.0 Å². The third kappa shape index (κ3) is 2.87. The summed E-state index contributed by atoms with van der Waals surface area (Å²) in [6.45, 7) is 5.45. The largest absolute Gasteiger partial charge is 0.481 e. The van der Waals surface area contributed by atoms with Crippen LogP contribution in [0.25, 0.3) is 0 Å². The Hall–Kier alpha value is -1.65. The Balaban J connectivity index is 1.87. The normalized spacial score (nSPS) is 25.3. The first-order valence-electron chi connectivity index (χ1n) is 7.90. The molecule has 2 atom stereocenters. The molecule has 1 N–H and O–H groups in total. The van der Waals surface area contributed by atoms with Gasteiger partial charge in [0.2, 0.25) is 0 Å². The highest BCUT2D eigenvalue weighted by molar-refractivity contribution is 5.72. The molecule has 3 rings (SSSR count). The topological polar surface area (TPSA) is 66.3 Å². The number of carboxylic acids is 1. The summed E-state index contributed by atoms with van der Waals surface area (Å²) in [5.74, 6) is 1.70. The van der Waals surface area contributed by atoms with Gasteiger partial charge in [-0.1, -0.05) is 13.3 Å². The van der Waals surface area contributed by atoms with Crippen LogP contribution < -0.4 is 4.90 Å². The number of carbonyl (C=O) groups is 1. The molecule has 114 valence electrons. The maximum absolute atomic E-state index is 11.5. The molecule has 21 heavy (non-hydrogen) atoms. The molecule has 0 spiro atoms. The molecule has 0 amide bonds. The summed E-state index contributed by atoms with van der Waals surface area (Å²) in [5.41, 5.74) is 1.14. The van der Waals surface area contributed by atoms with Crippen LogP contribution in [0.5, 0.6) is 0 Å². The second-order valence-corrected chi connectivity index (χ2v) is 6.37. The highest BCUT2D eigenvalue weighted by Gasteiger charge is 2.46. The minimum atomic E-state index is -0.655. The molecule has 0 aromatic carbocycles. The lowest BCUT2D eigenvalue weighted by Gasteiger charge is -2.20. The maximum atomic E-state index is 11.5. The summed E-state index contributed by atoms with van der Waals surface area (Å²) >= 11 is 0. The number of carboxylic acid groups (broad SMARTS) is 1. The van der Waals surface area contributed by atoms with Crippen molar-refractivity contribution < 1.29 is 9.90 Å². The van der Waals surface area contributed by atoms with E-state index in [1.165, 1.54) is 12.8 Å². The van der Waals surface area contributed by atoms with E-state index in [0.717, 1.165) is 36.6 Å². The van der Waals surface area contributed by atoms with Gasteiger partial charge < -0.3 is 10.0 Å². The first kappa shape index (κ1) is 14.3. The fourth-order valence-corrected chi connectivity index (χ4v) is 3.47. The number of aryl methyl sites for hydroxylation is 2. The van der Waals surface area contributed by atoms with Crippen LogP contribution in [0.15, 0.2) is 6.20 Å². The van der Waals surface area contributed by atoms with Crippen LogP contribution in [0.3, 0.4) is 0 Å². The zero-order chi connectivity index (χ0) is 15.0. The van der Waals surface area contributed by atoms with E-state index < -0.39 is 5.97 Å². The minimum Gasteiger partial charge on any atom is -0.481 e.